The first-order valence-electron chi connectivity index (χ1n) is 12.9. The molecule has 5 rings (SSSR count). The fourth-order valence-corrected chi connectivity index (χ4v) is 4.89. The Morgan fingerprint density at radius 2 is 1.80 bits per heavy atom. The van der Waals surface area contributed by atoms with Gasteiger partial charge in [0, 0.05) is 55.7 Å². The lowest BCUT2D eigenvalue weighted by molar-refractivity contribution is -0.111. The van der Waals surface area contributed by atoms with Gasteiger partial charge in [0.1, 0.15) is 0 Å². The van der Waals surface area contributed by atoms with Gasteiger partial charge in [0.2, 0.25) is 11.9 Å². The number of hydrogen-bond donors (Lipinski definition) is 3. The SMILES string of the molecule is CN(C)C/C=C/C(=O)Nc1ccc(Cl)c(-c2nc(Nc3ccc(Cl)c(N4CCN(C)CC4)c3)nc3[nH]ncc23)c1. The van der Waals surface area contributed by atoms with Gasteiger partial charge in [-0.25, -0.2) is 4.98 Å². The first-order chi connectivity index (χ1) is 19.3. The summed E-state index contributed by atoms with van der Waals surface area (Å²) in [6.07, 6.45) is 4.97. The van der Waals surface area contributed by atoms with E-state index in [0.717, 1.165) is 37.6 Å². The smallest absolute Gasteiger partial charge is 0.248 e. The Hall–Kier alpha value is -3.70. The number of anilines is 4. The molecule has 4 aromatic rings. The van der Waals surface area contributed by atoms with E-state index in [1.807, 2.05) is 37.2 Å². The fourth-order valence-electron chi connectivity index (χ4n) is 4.44. The molecule has 1 saturated heterocycles. The standard InChI is InChI=1S/C28H31Cl2N9O/c1-37(2)10-4-5-25(40)32-18-6-8-22(29)20(15-18)26-21-17-31-36-27(21)35-28(34-26)33-19-7-9-23(30)24(16-19)39-13-11-38(3)12-14-39/h4-9,15-17H,10-14H2,1-3H3,(H,32,40)(H2,31,33,34,35,36)/b5-4+. The van der Waals surface area contributed by atoms with Crippen LogP contribution in [0.2, 0.25) is 10.0 Å². The van der Waals surface area contributed by atoms with Crippen molar-refractivity contribution in [2.75, 3.05) is 69.4 Å². The number of nitrogens with one attached hydrogen (secondary N) is 3. The lowest BCUT2D eigenvalue weighted by Gasteiger charge is -2.34. The van der Waals surface area contributed by atoms with E-state index in [-0.39, 0.29) is 5.91 Å². The molecule has 0 spiro atoms. The highest BCUT2D eigenvalue weighted by Gasteiger charge is 2.19. The quantitative estimate of drug-likeness (QED) is 0.254. The predicted molar refractivity (Wildman–Crippen MR) is 163 cm³/mol. The third-order valence-corrected chi connectivity index (χ3v) is 7.23. The largest absolute Gasteiger partial charge is 0.368 e. The highest BCUT2D eigenvalue weighted by molar-refractivity contribution is 6.34. The number of aromatic amines is 1. The van der Waals surface area contributed by atoms with Crippen LogP contribution in [-0.4, -0.2) is 89.7 Å². The van der Waals surface area contributed by atoms with Crippen molar-refractivity contribution in [3.63, 3.8) is 0 Å². The molecule has 0 unspecified atom stereocenters. The van der Waals surface area contributed by atoms with E-state index in [1.54, 1.807) is 30.5 Å². The van der Waals surface area contributed by atoms with Crippen LogP contribution in [0, 0.1) is 0 Å². The third kappa shape index (κ3) is 6.53. The summed E-state index contributed by atoms with van der Waals surface area (Å²) in [6, 6.07) is 11.1. The summed E-state index contributed by atoms with van der Waals surface area (Å²) in [7, 11) is 6.00. The van der Waals surface area contributed by atoms with E-state index in [9.17, 15) is 4.79 Å². The Kier molecular flexibility index (Phi) is 8.51. The summed E-state index contributed by atoms with van der Waals surface area (Å²) in [5, 5.41) is 15.2. The highest BCUT2D eigenvalue weighted by atomic mass is 35.5. The molecule has 10 nitrogen and oxygen atoms in total. The molecule has 208 valence electrons. The summed E-state index contributed by atoms with van der Waals surface area (Å²) in [6.45, 7) is 4.42. The summed E-state index contributed by atoms with van der Waals surface area (Å²) < 4.78 is 0. The molecular weight excluding hydrogens is 549 g/mol. The van der Waals surface area contributed by atoms with Gasteiger partial charge < -0.3 is 25.3 Å². The van der Waals surface area contributed by atoms with Gasteiger partial charge in [0.05, 0.1) is 33.0 Å². The molecule has 12 heteroatoms. The van der Waals surface area contributed by atoms with Gasteiger partial charge >= 0.3 is 0 Å². The van der Waals surface area contributed by atoms with Crippen LogP contribution in [0.3, 0.4) is 0 Å². The molecule has 1 aliphatic rings. The van der Waals surface area contributed by atoms with Crippen LogP contribution in [0.4, 0.5) is 23.0 Å². The predicted octanol–water partition coefficient (Wildman–Crippen LogP) is 4.88. The number of likely N-dealkylation sites (N-methyl/N-ethyl adjacent to an activating group) is 2. The summed E-state index contributed by atoms with van der Waals surface area (Å²) in [4.78, 5) is 28.4. The Labute approximate surface area is 243 Å². The van der Waals surface area contributed by atoms with E-state index >= 15 is 0 Å². The number of carbonyl (C=O) groups excluding carboxylic acids is 1. The molecule has 2 aromatic heterocycles. The topological polar surface area (TPSA) is 105 Å². The average molecular weight is 581 g/mol. The number of aromatic nitrogens is 4. The number of fused-ring (bicyclic) bond motifs is 1. The van der Waals surface area contributed by atoms with Crippen LogP contribution < -0.4 is 15.5 Å². The molecule has 40 heavy (non-hydrogen) atoms. The molecule has 0 radical (unpaired) electrons. The molecule has 3 N–H and O–H groups in total. The zero-order valence-electron chi connectivity index (χ0n) is 22.6. The minimum atomic E-state index is -0.229. The second-order valence-electron chi connectivity index (χ2n) is 9.96. The van der Waals surface area contributed by atoms with Crippen LogP contribution in [0.15, 0.2) is 54.7 Å². The van der Waals surface area contributed by atoms with Gasteiger partial charge in [-0.1, -0.05) is 29.3 Å². The molecule has 0 saturated carbocycles. The van der Waals surface area contributed by atoms with E-state index in [1.165, 1.54) is 6.08 Å². The van der Waals surface area contributed by atoms with Crippen LogP contribution in [0.25, 0.3) is 22.3 Å². The molecule has 1 amide bonds. The average Bonchev–Trinajstić information content (AvgIpc) is 3.40. The number of carbonyl (C=O) groups is 1. The van der Waals surface area contributed by atoms with Crippen LogP contribution in [-0.2, 0) is 4.79 Å². The van der Waals surface area contributed by atoms with Crippen molar-refractivity contribution in [2.45, 2.75) is 0 Å². The second kappa shape index (κ2) is 12.2. The number of halogens is 2. The van der Waals surface area contributed by atoms with Crippen molar-refractivity contribution in [1.82, 2.24) is 30.0 Å². The minimum absolute atomic E-state index is 0.229. The normalized spacial score (nSPS) is 14.4. The van der Waals surface area contributed by atoms with Crippen LogP contribution in [0.1, 0.15) is 0 Å². The fraction of sp³-hybridized carbons (Fsp3) is 0.286. The number of rotatable bonds is 8. The minimum Gasteiger partial charge on any atom is -0.368 e. The maximum Gasteiger partial charge on any atom is 0.248 e. The number of nitrogens with zero attached hydrogens (tertiary/aromatic N) is 6. The second-order valence-corrected chi connectivity index (χ2v) is 10.8. The Balaban J connectivity index is 1.44. The van der Waals surface area contributed by atoms with Gasteiger partial charge in [-0.15, -0.1) is 0 Å². The Bertz CT molecular complexity index is 1540. The van der Waals surface area contributed by atoms with Gasteiger partial charge in [-0.3, -0.25) is 9.89 Å². The zero-order valence-corrected chi connectivity index (χ0v) is 24.1. The molecule has 2 aromatic carbocycles. The lowest BCUT2D eigenvalue weighted by atomic mass is 10.1. The number of hydrogen-bond acceptors (Lipinski definition) is 8. The van der Waals surface area contributed by atoms with Crippen LogP contribution >= 0.6 is 23.2 Å². The molecule has 0 aliphatic carbocycles. The van der Waals surface area contributed by atoms with E-state index in [2.05, 4.69) is 42.7 Å². The van der Waals surface area contributed by atoms with Gasteiger partial charge in [0.15, 0.2) is 5.65 Å². The van der Waals surface area contributed by atoms with Crippen LogP contribution in [0.5, 0.6) is 0 Å². The summed E-state index contributed by atoms with van der Waals surface area (Å²) >= 11 is 13.2. The molecule has 1 fully saturated rings. The zero-order chi connectivity index (χ0) is 28.2. The summed E-state index contributed by atoms with van der Waals surface area (Å²) in [5.74, 6) is 0.142. The molecule has 1 aliphatic heterocycles. The first kappa shape index (κ1) is 27.9. The number of H-pyrrole nitrogens is 1. The van der Waals surface area contributed by atoms with Crippen molar-refractivity contribution >= 4 is 63.2 Å². The van der Waals surface area contributed by atoms with Gasteiger partial charge in [0.25, 0.3) is 0 Å². The maximum absolute atomic E-state index is 12.4. The monoisotopic (exact) mass is 579 g/mol. The van der Waals surface area contributed by atoms with E-state index in [4.69, 9.17) is 28.2 Å². The lowest BCUT2D eigenvalue weighted by Crippen LogP contribution is -2.44. The Morgan fingerprint density at radius 1 is 1.05 bits per heavy atom. The van der Waals surface area contributed by atoms with E-state index < -0.39 is 0 Å². The number of amides is 1. The number of piperazine rings is 1. The van der Waals surface area contributed by atoms with E-state index in [0.29, 0.717) is 50.5 Å². The third-order valence-electron chi connectivity index (χ3n) is 6.58. The van der Waals surface area contributed by atoms with Crippen molar-refractivity contribution < 1.29 is 4.79 Å². The van der Waals surface area contributed by atoms with Gasteiger partial charge in [-0.2, -0.15) is 10.1 Å². The first-order valence-corrected chi connectivity index (χ1v) is 13.7. The number of benzene rings is 2. The van der Waals surface area contributed by atoms with Crippen molar-refractivity contribution in [3.8, 4) is 11.3 Å². The molecule has 3 heterocycles. The molecule has 0 bridgehead atoms. The molecule has 0 atom stereocenters. The highest BCUT2D eigenvalue weighted by Crippen LogP contribution is 2.35. The molecular formula is C28H31Cl2N9O. The Morgan fingerprint density at radius 3 is 2.58 bits per heavy atom. The summed E-state index contributed by atoms with van der Waals surface area (Å²) in [5.41, 5.74) is 4.14. The van der Waals surface area contributed by atoms with Crippen molar-refractivity contribution in [1.29, 1.82) is 0 Å². The van der Waals surface area contributed by atoms with Crippen molar-refractivity contribution in [2.24, 2.45) is 0 Å². The maximum atomic E-state index is 12.4. The van der Waals surface area contributed by atoms with Crippen molar-refractivity contribution in [3.05, 3.63) is 64.8 Å². The van der Waals surface area contributed by atoms with Gasteiger partial charge in [-0.05, 0) is 57.5 Å².